The highest BCUT2D eigenvalue weighted by atomic mass is 16.1. The largest absolute Gasteiger partial charge is 0.300 e. The average molecular weight is 230 g/mol. The summed E-state index contributed by atoms with van der Waals surface area (Å²) < 4.78 is 0. The third kappa shape index (κ3) is 5.48. The topological polar surface area (TPSA) is 17.1 Å². The number of unbranched alkanes of at least 4 members (excludes halogenated alkanes) is 3. The first kappa shape index (κ1) is 13.7. The van der Waals surface area contributed by atoms with Crippen molar-refractivity contribution in [3.63, 3.8) is 0 Å². The number of carbonyl (C=O) groups excluding carboxylic acids is 1. The molecule has 0 radical (unpaired) electrons. The van der Waals surface area contributed by atoms with Crippen LogP contribution in [0.1, 0.15) is 51.5 Å². The predicted octanol–water partition coefficient (Wildman–Crippen LogP) is 4.63. The van der Waals surface area contributed by atoms with E-state index >= 15 is 0 Å². The minimum atomic E-state index is 0.232. The number of rotatable bonds is 7. The molecule has 0 spiro atoms. The van der Waals surface area contributed by atoms with E-state index in [1.165, 1.54) is 30.4 Å². The SMILES string of the molecule is CCCCC/C=C(\CC(C)=O)c1ccccc1. The zero-order chi connectivity index (χ0) is 12.5. The van der Waals surface area contributed by atoms with Crippen LogP contribution in [0.3, 0.4) is 0 Å². The zero-order valence-corrected chi connectivity index (χ0v) is 10.9. The molecule has 1 rings (SSSR count). The molecule has 0 amide bonds. The van der Waals surface area contributed by atoms with E-state index in [1.807, 2.05) is 18.2 Å². The monoisotopic (exact) mass is 230 g/mol. The van der Waals surface area contributed by atoms with Crippen LogP contribution in [0, 0.1) is 0 Å². The zero-order valence-electron chi connectivity index (χ0n) is 10.9. The van der Waals surface area contributed by atoms with Gasteiger partial charge in [0, 0.05) is 6.42 Å². The first-order valence-corrected chi connectivity index (χ1v) is 6.48. The number of hydrogen-bond donors (Lipinski definition) is 0. The van der Waals surface area contributed by atoms with Gasteiger partial charge in [0.05, 0.1) is 0 Å². The lowest BCUT2D eigenvalue weighted by Gasteiger charge is -2.06. The minimum Gasteiger partial charge on any atom is -0.300 e. The molecule has 1 heteroatoms. The van der Waals surface area contributed by atoms with Gasteiger partial charge >= 0.3 is 0 Å². The van der Waals surface area contributed by atoms with Gasteiger partial charge in [-0.2, -0.15) is 0 Å². The van der Waals surface area contributed by atoms with Crippen LogP contribution in [0.5, 0.6) is 0 Å². The highest BCUT2D eigenvalue weighted by Crippen LogP contribution is 2.19. The van der Waals surface area contributed by atoms with E-state index < -0.39 is 0 Å². The summed E-state index contributed by atoms with van der Waals surface area (Å²) in [6, 6.07) is 10.2. The van der Waals surface area contributed by atoms with Crippen LogP contribution in [0.25, 0.3) is 5.57 Å². The molecular formula is C16H22O. The third-order valence-electron chi connectivity index (χ3n) is 2.78. The van der Waals surface area contributed by atoms with Gasteiger partial charge in [-0.25, -0.2) is 0 Å². The van der Waals surface area contributed by atoms with Gasteiger partial charge in [0.1, 0.15) is 5.78 Å². The molecule has 0 aliphatic heterocycles. The van der Waals surface area contributed by atoms with Crippen LogP contribution in [-0.2, 0) is 4.79 Å². The highest BCUT2D eigenvalue weighted by Gasteiger charge is 2.03. The van der Waals surface area contributed by atoms with E-state index in [-0.39, 0.29) is 5.78 Å². The number of allylic oxidation sites excluding steroid dienone is 2. The molecule has 0 bridgehead atoms. The molecule has 0 N–H and O–H groups in total. The highest BCUT2D eigenvalue weighted by molar-refractivity contribution is 5.88. The number of carbonyl (C=O) groups is 1. The number of benzene rings is 1. The molecule has 1 aromatic rings. The van der Waals surface area contributed by atoms with E-state index in [1.54, 1.807) is 6.92 Å². The van der Waals surface area contributed by atoms with Gasteiger partial charge in [-0.15, -0.1) is 0 Å². The Bertz CT molecular complexity index is 362. The van der Waals surface area contributed by atoms with Crippen molar-refractivity contribution in [2.75, 3.05) is 0 Å². The van der Waals surface area contributed by atoms with Crippen molar-refractivity contribution < 1.29 is 4.79 Å². The maximum absolute atomic E-state index is 11.3. The summed E-state index contributed by atoms with van der Waals surface area (Å²) in [6.45, 7) is 3.86. The van der Waals surface area contributed by atoms with Crippen LogP contribution in [0.2, 0.25) is 0 Å². The summed E-state index contributed by atoms with van der Waals surface area (Å²) >= 11 is 0. The molecule has 0 atom stereocenters. The molecule has 0 heterocycles. The summed E-state index contributed by atoms with van der Waals surface area (Å²) in [6.07, 6.45) is 7.57. The van der Waals surface area contributed by atoms with Crippen LogP contribution in [-0.4, -0.2) is 5.78 Å². The van der Waals surface area contributed by atoms with E-state index in [2.05, 4.69) is 25.1 Å². The van der Waals surface area contributed by atoms with Crippen molar-refractivity contribution in [2.45, 2.75) is 46.0 Å². The Morgan fingerprint density at radius 1 is 1.18 bits per heavy atom. The van der Waals surface area contributed by atoms with Gasteiger partial charge in [0.25, 0.3) is 0 Å². The summed E-state index contributed by atoms with van der Waals surface area (Å²) in [5.74, 6) is 0.232. The van der Waals surface area contributed by atoms with Gasteiger partial charge in [-0.1, -0.05) is 56.2 Å². The quantitative estimate of drug-likeness (QED) is 0.624. The van der Waals surface area contributed by atoms with Crippen molar-refractivity contribution in [1.82, 2.24) is 0 Å². The molecule has 0 aliphatic carbocycles. The molecule has 0 unspecified atom stereocenters. The smallest absolute Gasteiger partial charge is 0.134 e. The fourth-order valence-corrected chi connectivity index (χ4v) is 1.88. The molecule has 17 heavy (non-hydrogen) atoms. The Labute approximate surface area is 105 Å². The average Bonchev–Trinajstić information content (AvgIpc) is 2.34. The van der Waals surface area contributed by atoms with E-state index in [4.69, 9.17) is 0 Å². The molecule has 92 valence electrons. The van der Waals surface area contributed by atoms with Gasteiger partial charge in [-0.05, 0) is 30.9 Å². The molecule has 0 fully saturated rings. The second-order valence-corrected chi connectivity index (χ2v) is 4.47. The Balaban J connectivity index is 2.70. The maximum atomic E-state index is 11.3. The number of ketones is 1. The Hall–Kier alpha value is -1.37. The first-order chi connectivity index (χ1) is 8.24. The molecular weight excluding hydrogens is 208 g/mol. The Morgan fingerprint density at radius 3 is 2.47 bits per heavy atom. The summed E-state index contributed by atoms with van der Waals surface area (Å²) in [5.41, 5.74) is 2.36. The summed E-state index contributed by atoms with van der Waals surface area (Å²) in [4.78, 5) is 11.3. The summed E-state index contributed by atoms with van der Waals surface area (Å²) in [5, 5.41) is 0. The third-order valence-corrected chi connectivity index (χ3v) is 2.78. The first-order valence-electron chi connectivity index (χ1n) is 6.48. The van der Waals surface area contributed by atoms with E-state index in [0.717, 1.165) is 6.42 Å². The lowest BCUT2D eigenvalue weighted by molar-refractivity contribution is -0.116. The van der Waals surface area contributed by atoms with Crippen LogP contribution >= 0.6 is 0 Å². The second-order valence-electron chi connectivity index (χ2n) is 4.47. The predicted molar refractivity (Wildman–Crippen MR) is 73.9 cm³/mol. The fraction of sp³-hybridized carbons (Fsp3) is 0.438. The van der Waals surface area contributed by atoms with Crippen molar-refractivity contribution in [3.05, 3.63) is 42.0 Å². The van der Waals surface area contributed by atoms with E-state index in [9.17, 15) is 4.79 Å². The van der Waals surface area contributed by atoms with Crippen molar-refractivity contribution in [3.8, 4) is 0 Å². The molecule has 0 aromatic heterocycles. The lowest BCUT2D eigenvalue weighted by Crippen LogP contribution is -1.93. The number of hydrogen-bond acceptors (Lipinski definition) is 1. The minimum absolute atomic E-state index is 0.232. The lowest BCUT2D eigenvalue weighted by atomic mass is 9.99. The number of Topliss-reactive ketones (excluding diaryl/α,β-unsaturated/α-hetero) is 1. The fourth-order valence-electron chi connectivity index (χ4n) is 1.88. The van der Waals surface area contributed by atoms with Crippen molar-refractivity contribution in [1.29, 1.82) is 0 Å². The molecule has 0 aliphatic rings. The normalized spacial score (nSPS) is 11.5. The van der Waals surface area contributed by atoms with Gasteiger partial charge in [-0.3, -0.25) is 4.79 Å². The molecule has 1 aromatic carbocycles. The van der Waals surface area contributed by atoms with Crippen LogP contribution in [0.4, 0.5) is 0 Å². The van der Waals surface area contributed by atoms with Crippen molar-refractivity contribution in [2.24, 2.45) is 0 Å². The van der Waals surface area contributed by atoms with Crippen molar-refractivity contribution >= 4 is 11.4 Å². The molecule has 0 saturated heterocycles. The second kappa shape index (κ2) is 7.83. The van der Waals surface area contributed by atoms with Crippen LogP contribution < -0.4 is 0 Å². The van der Waals surface area contributed by atoms with Gasteiger partial charge < -0.3 is 0 Å². The maximum Gasteiger partial charge on any atom is 0.134 e. The van der Waals surface area contributed by atoms with Crippen LogP contribution in [0.15, 0.2) is 36.4 Å². The molecule has 1 nitrogen and oxygen atoms in total. The Morgan fingerprint density at radius 2 is 1.88 bits per heavy atom. The standard InChI is InChI=1S/C16H22O/c1-3-4-5-7-12-16(13-14(2)17)15-10-8-6-9-11-15/h6,8-12H,3-5,7,13H2,1-2H3/b16-12+. The van der Waals surface area contributed by atoms with Gasteiger partial charge in [0.2, 0.25) is 0 Å². The summed E-state index contributed by atoms with van der Waals surface area (Å²) in [7, 11) is 0. The van der Waals surface area contributed by atoms with E-state index in [0.29, 0.717) is 6.42 Å². The molecule has 0 saturated carbocycles. The van der Waals surface area contributed by atoms with Gasteiger partial charge in [0.15, 0.2) is 0 Å². The Kier molecular flexibility index (Phi) is 6.31.